The number of hydrogen-bond donors (Lipinski definition) is 1. The summed E-state index contributed by atoms with van der Waals surface area (Å²) in [6.07, 6.45) is -2.15. The van der Waals surface area contributed by atoms with E-state index in [1.54, 1.807) is 0 Å². The zero-order valence-electron chi connectivity index (χ0n) is 7.18. The molecule has 1 unspecified atom stereocenters. The van der Waals surface area contributed by atoms with Crippen molar-refractivity contribution in [1.29, 1.82) is 0 Å². The van der Waals surface area contributed by atoms with E-state index in [2.05, 4.69) is 5.43 Å². The third-order valence-electron chi connectivity index (χ3n) is 1.67. The molecule has 12 heteroatoms. The average Bonchev–Trinajstić information content (AvgIpc) is 2.16. The molecule has 0 radical (unpaired) electrons. The zero-order valence-corrected chi connectivity index (χ0v) is 7.18. The minimum Gasteiger partial charge on any atom is -0.260 e. The van der Waals surface area contributed by atoms with Crippen LogP contribution in [0.2, 0.25) is 0 Å². The van der Waals surface area contributed by atoms with Crippen LogP contribution >= 0.6 is 0 Å². The summed E-state index contributed by atoms with van der Waals surface area (Å²) in [4.78, 5) is 30.1. The molecular weight excluding hydrogens is 216 g/mol. The lowest BCUT2D eigenvalue weighted by molar-refractivity contribution is -0.824. The van der Waals surface area contributed by atoms with E-state index in [0.29, 0.717) is 0 Å². The molecule has 1 atom stereocenters. The van der Waals surface area contributed by atoms with Crippen molar-refractivity contribution in [2.75, 3.05) is 13.1 Å². The minimum absolute atomic E-state index is 0.00764. The Kier molecular flexibility index (Phi) is 2.80. The lowest BCUT2D eigenvalue weighted by atomic mass is 10.5. The van der Waals surface area contributed by atoms with Crippen LogP contribution in [0.5, 0.6) is 0 Å². The maximum Gasteiger partial charge on any atom is 0.479 e. The van der Waals surface area contributed by atoms with Crippen LogP contribution in [0.4, 0.5) is 0 Å². The third kappa shape index (κ3) is 1.98. The lowest BCUT2D eigenvalue weighted by Crippen LogP contribution is -2.67. The highest BCUT2D eigenvalue weighted by molar-refractivity contribution is 4.57. The van der Waals surface area contributed by atoms with Crippen molar-refractivity contribution in [3.05, 3.63) is 30.3 Å². The summed E-state index contributed by atoms with van der Waals surface area (Å²) in [5.74, 6) is 0. The Morgan fingerprint density at radius 3 is 2.13 bits per heavy atom. The van der Waals surface area contributed by atoms with E-state index in [9.17, 15) is 30.3 Å². The van der Waals surface area contributed by atoms with Crippen LogP contribution in [0.3, 0.4) is 0 Å². The van der Waals surface area contributed by atoms with Gasteiger partial charge in [0.2, 0.25) is 0 Å². The van der Waals surface area contributed by atoms with Crippen LogP contribution < -0.4 is 5.43 Å². The Labute approximate surface area is 81.4 Å². The first-order chi connectivity index (χ1) is 6.95. The van der Waals surface area contributed by atoms with Gasteiger partial charge in [-0.15, -0.1) is 0 Å². The summed E-state index contributed by atoms with van der Waals surface area (Å²) in [5, 5.41) is 29.2. The molecular formula is C3H6N6O6. The molecule has 1 aliphatic rings. The van der Waals surface area contributed by atoms with E-state index < -0.39 is 21.3 Å². The molecule has 12 nitrogen and oxygen atoms in total. The Hall–Kier alpha value is -2.24. The Balaban J connectivity index is 2.95. The molecule has 0 aromatic rings. The second-order valence-corrected chi connectivity index (χ2v) is 2.52. The average molecular weight is 222 g/mol. The molecule has 0 bridgehead atoms. The summed E-state index contributed by atoms with van der Waals surface area (Å²) in [7, 11) is 0. The molecule has 1 heterocycles. The van der Waals surface area contributed by atoms with Gasteiger partial charge in [0.1, 0.15) is 6.54 Å². The zero-order chi connectivity index (χ0) is 11.6. The fourth-order valence-corrected chi connectivity index (χ4v) is 1.11. The minimum atomic E-state index is -2.15. The standard InChI is InChI=1S/C3H6N6O6/c10-7(11)3-5(8(12)13)2-1-4-6(3)9(14)15/h3-4H,1-2H2. The van der Waals surface area contributed by atoms with Gasteiger partial charge >= 0.3 is 6.29 Å². The van der Waals surface area contributed by atoms with Gasteiger partial charge in [0.05, 0.1) is 4.92 Å². The molecule has 0 amide bonds. The van der Waals surface area contributed by atoms with E-state index in [4.69, 9.17) is 0 Å². The van der Waals surface area contributed by atoms with Gasteiger partial charge in [0.15, 0.2) is 10.1 Å². The first-order valence-electron chi connectivity index (χ1n) is 3.66. The number of nitro groups is 3. The molecule has 0 saturated carbocycles. The Bertz CT molecular complexity index is 283. The maximum atomic E-state index is 10.5. The highest BCUT2D eigenvalue weighted by Gasteiger charge is 2.51. The Morgan fingerprint density at radius 1 is 1.13 bits per heavy atom. The maximum absolute atomic E-state index is 10.5. The SMILES string of the molecule is O=[N+]([O-])C1N([N+](=O)[O-])CCNN1[N+](=O)[O-]. The van der Waals surface area contributed by atoms with E-state index in [-0.39, 0.29) is 23.2 Å². The van der Waals surface area contributed by atoms with Crippen LogP contribution in [-0.2, 0) is 0 Å². The molecule has 1 fully saturated rings. The van der Waals surface area contributed by atoms with Gasteiger partial charge in [-0.1, -0.05) is 0 Å². The van der Waals surface area contributed by atoms with Crippen molar-refractivity contribution in [2.24, 2.45) is 0 Å². The summed E-state index contributed by atoms with van der Waals surface area (Å²) in [6.45, 7) is -0.407. The molecule has 1 rings (SSSR count). The number of nitrogens with zero attached hydrogens (tertiary/aromatic N) is 5. The summed E-state index contributed by atoms with van der Waals surface area (Å²) in [5.41, 5.74) is 2.08. The van der Waals surface area contributed by atoms with Gasteiger partial charge in [-0.3, -0.25) is 10.1 Å². The van der Waals surface area contributed by atoms with Crippen molar-refractivity contribution >= 4 is 0 Å². The number of nitrogens with one attached hydrogen (secondary N) is 1. The van der Waals surface area contributed by atoms with Crippen LogP contribution in [-0.4, -0.2) is 44.5 Å². The van der Waals surface area contributed by atoms with E-state index in [1.807, 2.05) is 0 Å². The van der Waals surface area contributed by atoms with Crippen LogP contribution in [0.1, 0.15) is 0 Å². The topological polar surface area (TPSA) is 148 Å². The van der Waals surface area contributed by atoms with E-state index in [1.165, 1.54) is 0 Å². The molecule has 15 heavy (non-hydrogen) atoms. The fourth-order valence-electron chi connectivity index (χ4n) is 1.11. The fraction of sp³-hybridized carbons (Fsp3) is 1.00. The molecule has 0 aromatic heterocycles. The van der Waals surface area contributed by atoms with Crippen LogP contribution in [0, 0.1) is 30.3 Å². The van der Waals surface area contributed by atoms with E-state index in [0.717, 1.165) is 0 Å². The van der Waals surface area contributed by atoms with Crippen LogP contribution in [0.15, 0.2) is 0 Å². The van der Waals surface area contributed by atoms with Gasteiger partial charge in [0, 0.05) is 11.7 Å². The van der Waals surface area contributed by atoms with Crippen molar-refractivity contribution in [2.45, 2.75) is 6.29 Å². The number of rotatable bonds is 3. The number of hydrogen-bond acceptors (Lipinski definition) is 7. The summed E-state index contributed by atoms with van der Waals surface area (Å²) in [6, 6.07) is 0. The highest BCUT2D eigenvalue weighted by atomic mass is 16.7. The van der Waals surface area contributed by atoms with Gasteiger partial charge in [-0.05, 0) is 5.01 Å². The third-order valence-corrected chi connectivity index (χ3v) is 1.67. The largest absolute Gasteiger partial charge is 0.479 e. The first-order valence-corrected chi connectivity index (χ1v) is 3.66. The second kappa shape index (κ2) is 3.87. The van der Waals surface area contributed by atoms with Crippen molar-refractivity contribution in [3.8, 4) is 0 Å². The molecule has 1 N–H and O–H groups in total. The highest BCUT2D eigenvalue weighted by Crippen LogP contribution is 2.09. The molecule has 84 valence electrons. The van der Waals surface area contributed by atoms with Gasteiger partial charge in [-0.2, -0.15) is 5.43 Å². The smallest absolute Gasteiger partial charge is 0.260 e. The van der Waals surface area contributed by atoms with Crippen molar-refractivity contribution in [3.63, 3.8) is 0 Å². The summed E-state index contributed by atoms with van der Waals surface area (Å²) >= 11 is 0. The van der Waals surface area contributed by atoms with Gasteiger partial charge in [0.25, 0.3) is 0 Å². The normalized spacial score (nSPS) is 21.2. The molecule has 1 aliphatic heterocycles. The number of hydrazine groups is 3. The molecule has 1 saturated heterocycles. The van der Waals surface area contributed by atoms with Crippen LogP contribution in [0.25, 0.3) is 0 Å². The molecule has 0 aromatic carbocycles. The predicted octanol–water partition coefficient (Wildman–Crippen LogP) is -1.95. The Morgan fingerprint density at radius 2 is 1.73 bits per heavy atom. The summed E-state index contributed by atoms with van der Waals surface area (Å²) < 4.78 is 0. The van der Waals surface area contributed by atoms with Crippen molar-refractivity contribution < 1.29 is 15.0 Å². The molecule has 0 spiro atoms. The monoisotopic (exact) mass is 222 g/mol. The quantitative estimate of drug-likeness (QED) is 0.424. The predicted molar refractivity (Wildman–Crippen MR) is 41.3 cm³/mol. The first kappa shape index (κ1) is 10.8. The van der Waals surface area contributed by atoms with E-state index >= 15 is 0 Å². The molecule has 0 aliphatic carbocycles. The van der Waals surface area contributed by atoms with Gasteiger partial charge in [-0.25, -0.2) is 20.2 Å². The van der Waals surface area contributed by atoms with Crippen molar-refractivity contribution in [1.82, 2.24) is 15.6 Å². The second-order valence-electron chi connectivity index (χ2n) is 2.52. The van der Waals surface area contributed by atoms with Gasteiger partial charge < -0.3 is 0 Å². The lowest BCUT2D eigenvalue weighted by Gasteiger charge is -2.26.